The average molecular weight is 456 g/mol. The highest BCUT2D eigenvalue weighted by atomic mass is 32.1. The number of halogens is 1. The van der Waals surface area contributed by atoms with E-state index in [9.17, 15) is 9.18 Å². The molecule has 0 aliphatic heterocycles. The van der Waals surface area contributed by atoms with Crippen molar-refractivity contribution in [2.75, 3.05) is 21.3 Å². The number of benzene rings is 2. The van der Waals surface area contributed by atoms with Crippen LogP contribution in [-0.2, 0) is 6.54 Å². The van der Waals surface area contributed by atoms with E-state index >= 15 is 0 Å². The first kappa shape index (κ1) is 21.6. The minimum Gasteiger partial charge on any atom is -0.493 e. The highest BCUT2D eigenvalue weighted by Crippen LogP contribution is 2.38. The minimum atomic E-state index is -0.313. The Hall–Kier alpha value is -3.59. The number of aryl methyl sites for hydroxylation is 1. The topological polar surface area (TPSA) is 74.6 Å². The zero-order valence-electron chi connectivity index (χ0n) is 18.1. The molecule has 32 heavy (non-hydrogen) atoms. The first-order valence-corrected chi connectivity index (χ1v) is 10.6. The first-order valence-electron chi connectivity index (χ1n) is 9.77. The molecule has 0 saturated heterocycles. The molecule has 0 spiro atoms. The maximum Gasteiger partial charge on any atom is 0.261 e. The number of hydrogen-bond donors (Lipinski definition) is 1. The summed E-state index contributed by atoms with van der Waals surface area (Å²) in [7, 11) is 4.63. The van der Waals surface area contributed by atoms with Crippen LogP contribution in [0.1, 0.15) is 20.9 Å². The Morgan fingerprint density at radius 3 is 2.31 bits per heavy atom. The van der Waals surface area contributed by atoms with E-state index in [1.165, 1.54) is 23.5 Å². The van der Waals surface area contributed by atoms with Crippen molar-refractivity contribution in [1.82, 2.24) is 15.1 Å². The van der Waals surface area contributed by atoms with Gasteiger partial charge in [0.05, 0.1) is 37.6 Å². The van der Waals surface area contributed by atoms with Crippen LogP contribution in [0.5, 0.6) is 17.2 Å². The van der Waals surface area contributed by atoms with E-state index in [1.54, 1.807) is 50.3 Å². The van der Waals surface area contributed by atoms with E-state index in [2.05, 4.69) is 10.4 Å². The highest BCUT2D eigenvalue weighted by Gasteiger charge is 2.18. The van der Waals surface area contributed by atoms with Crippen LogP contribution in [0, 0.1) is 12.7 Å². The number of aromatic nitrogens is 2. The third-order valence-corrected chi connectivity index (χ3v) is 6.13. The van der Waals surface area contributed by atoms with Gasteiger partial charge in [0.1, 0.15) is 10.6 Å². The molecule has 0 bridgehead atoms. The summed E-state index contributed by atoms with van der Waals surface area (Å²) in [4.78, 5) is 14.2. The van der Waals surface area contributed by atoms with Crippen molar-refractivity contribution < 1.29 is 23.4 Å². The number of fused-ring (bicyclic) bond motifs is 1. The quantitative estimate of drug-likeness (QED) is 0.444. The van der Waals surface area contributed by atoms with E-state index < -0.39 is 0 Å². The van der Waals surface area contributed by atoms with Crippen LogP contribution >= 0.6 is 11.3 Å². The lowest BCUT2D eigenvalue weighted by Gasteiger charge is -2.14. The molecule has 166 valence electrons. The second-order valence-corrected chi connectivity index (χ2v) is 8.05. The molecule has 2 aromatic heterocycles. The van der Waals surface area contributed by atoms with Crippen molar-refractivity contribution in [3.8, 4) is 22.9 Å². The normalized spacial score (nSPS) is 10.9. The summed E-state index contributed by atoms with van der Waals surface area (Å²) in [5, 5.41) is 8.35. The number of methoxy groups -OCH3 is 3. The number of thiophene rings is 1. The van der Waals surface area contributed by atoms with Crippen molar-refractivity contribution >= 4 is 27.5 Å². The maximum absolute atomic E-state index is 13.3. The summed E-state index contributed by atoms with van der Waals surface area (Å²) in [5.41, 5.74) is 2.34. The number of rotatable bonds is 7. The van der Waals surface area contributed by atoms with Gasteiger partial charge in [-0.25, -0.2) is 9.07 Å². The standard InChI is InChI=1S/C23H22FN3O4S/c1-13-17-11-20(32-23(17)27(26-13)16-7-5-15(24)6-8-16)22(28)25-12-14-9-18(29-2)21(31-4)19(10-14)30-3/h5-11H,12H2,1-4H3,(H,25,28). The number of hydrogen-bond acceptors (Lipinski definition) is 6. The van der Waals surface area contributed by atoms with Gasteiger partial charge in [0.2, 0.25) is 5.75 Å². The fourth-order valence-corrected chi connectivity index (χ4v) is 4.52. The predicted molar refractivity (Wildman–Crippen MR) is 121 cm³/mol. The van der Waals surface area contributed by atoms with Gasteiger partial charge >= 0.3 is 0 Å². The molecule has 9 heteroatoms. The molecule has 0 fully saturated rings. The molecule has 1 N–H and O–H groups in total. The van der Waals surface area contributed by atoms with Crippen LogP contribution in [0.2, 0.25) is 0 Å². The molecule has 0 aliphatic rings. The molecule has 0 aliphatic carbocycles. The van der Waals surface area contributed by atoms with Gasteiger partial charge < -0.3 is 19.5 Å². The molecule has 2 aromatic carbocycles. The Morgan fingerprint density at radius 1 is 1.06 bits per heavy atom. The number of amides is 1. The van der Waals surface area contributed by atoms with E-state index in [1.807, 2.05) is 13.0 Å². The Bertz CT molecular complexity index is 1260. The maximum atomic E-state index is 13.3. The number of nitrogens with zero attached hydrogens (tertiary/aromatic N) is 2. The van der Waals surface area contributed by atoms with Gasteiger partial charge in [-0.2, -0.15) is 5.10 Å². The van der Waals surface area contributed by atoms with Crippen molar-refractivity contribution in [2.45, 2.75) is 13.5 Å². The molecule has 1 amide bonds. The first-order chi connectivity index (χ1) is 15.4. The van der Waals surface area contributed by atoms with E-state index in [0.717, 1.165) is 27.2 Å². The summed E-state index contributed by atoms with van der Waals surface area (Å²) >= 11 is 1.33. The fraction of sp³-hybridized carbons (Fsp3) is 0.217. The number of carbonyl (C=O) groups is 1. The van der Waals surface area contributed by atoms with E-state index in [0.29, 0.717) is 22.1 Å². The zero-order chi connectivity index (χ0) is 22.8. The Balaban J connectivity index is 1.57. The lowest BCUT2D eigenvalue weighted by Crippen LogP contribution is -2.21. The van der Waals surface area contributed by atoms with E-state index in [-0.39, 0.29) is 18.3 Å². The molecule has 0 unspecified atom stereocenters. The molecule has 4 rings (SSSR count). The van der Waals surface area contributed by atoms with Crippen LogP contribution in [0.25, 0.3) is 15.9 Å². The lowest BCUT2D eigenvalue weighted by molar-refractivity contribution is 0.0955. The monoisotopic (exact) mass is 455 g/mol. The van der Waals surface area contributed by atoms with Gasteiger partial charge in [-0.05, 0) is 55.0 Å². The molecule has 4 aromatic rings. The average Bonchev–Trinajstić information content (AvgIpc) is 3.38. The van der Waals surface area contributed by atoms with Gasteiger partial charge in [-0.1, -0.05) is 0 Å². The molecule has 0 saturated carbocycles. The Labute approximate surface area is 188 Å². The Morgan fingerprint density at radius 2 is 1.72 bits per heavy atom. The number of ether oxygens (including phenoxy) is 3. The third-order valence-electron chi connectivity index (χ3n) is 5.02. The smallest absolute Gasteiger partial charge is 0.261 e. The second-order valence-electron chi connectivity index (χ2n) is 7.02. The fourth-order valence-electron chi connectivity index (χ4n) is 3.42. The van der Waals surface area contributed by atoms with Gasteiger partial charge in [0, 0.05) is 11.9 Å². The minimum absolute atomic E-state index is 0.204. The van der Waals surface area contributed by atoms with Crippen molar-refractivity contribution in [3.63, 3.8) is 0 Å². The Kier molecular flexibility index (Phi) is 6.00. The molecule has 2 heterocycles. The van der Waals surface area contributed by atoms with Crippen molar-refractivity contribution in [3.05, 3.63) is 64.4 Å². The third kappa shape index (κ3) is 3.99. The summed E-state index contributed by atoms with van der Waals surface area (Å²) in [6.07, 6.45) is 0. The molecule has 0 atom stereocenters. The number of carbonyl (C=O) groups excluding carboxylic acids is 1. The molecular weight excluding hydrogens is 433 g/mol. The largest absolute Gasteiger partial charge is 0.493 e. The van der Waals surface area contributed by atoms with E-state index in [4.69, 9.17) is 14.2 Å². The van der Waals surface area contributed by atoms with Crippen LogP contribution in [-0.4, -0.2) is 37.0 Å². The van der Waals surface area contributed by atoms with Gasteiger partial charge in [-0.3, -0.25) is 4.79 Å². The van der Waals surface area contributed by atoms with Crippen LogP contribution in [0.3, 0.4) is 0 Å². The second kappa shape index (κ2) is 8.88. The summed E-state index contributed by atoms with van der Waals surface area (Å²) in [6, 6.07) is 11.5. The van der Waals surface area contributed by atoms with Gasteiger partial charge in [-0.15, -0.1) is 11.3 Å². The van der Waals surface area contributed by atoms with Crippen LogP contribution in [0.15, 0.2) is 42.5 Å². The lowest BCUT2D eigenvalue weighted by atomic mass is 10.1. The summed E-state index contributed by atoms with van der Waals surface area (Å²) in [6.45, 7) is 2.17. The highest BCUT2D eigenvalue weighted by molar-refractivity contribution is 7.20. The van der Waals surface area contributed by atoms with Crippen LogP contribution in [0.4, 0.5) is 4.39 Å². The SMILES string of the molecule is COc1cc(CNC(=O)c2cc3c(C)nn(-c4ccc(F)cc4)c3s2)cc(OC)c1OC. The number of nitrogens with one attached hydrogen (secondary N) is 1. The van der Waals surface area contributed by atoms with Crippen molar-refractivity contribution in [1.29, 1.82) is 0 Å². The molecular formula is C23H22FN3O4S. The summed E-state index contributed by atoms with van der Waals surface area (Å²) < 4.78 is 31.1. The van der Waals surface area contributed by atoms with Crippen LogP contribution < -0.4 is 19.5 Å². The summed E-state index contributed by atoms with van der Waals surface area (Å²) in [5.74, 6) is 1.02. The van der Waals surface area contributed by atoms with Gasteiger partial charge in [0.15, 0.2) is 11.5 Å². The predicted octanol–water partition coefficient (Wildman–Crippen LogP) is 4.49. The van der Waals surface area contributed by atoms with Crippen molar-refractivity contribution in [2.24, 2.45) is 0 Å². The van der Waals surface area contributed by atoms with Gasteiger partial charge in [0.25, 0.3) is 5.91 Å². The zero-order valence-corrected chi connectivity index (χ0v) is 18.9. The molecule has 7 nitrogen and oxygen atoms in total. The molecule has 0 radical (unpaired) electrons.